The number of aliphatic carboxylic acids is 1. The van der Waals surface area contributed by atoms with Crippen molar-refractivity contribution in [3.05, 3.63) is 0 Å². The lowest BCUT2D eigenvalue weighted by molar-refractivity contribution is -0.883. The van der Waals surface area contributed by atoms with Crippen molar-refractivity contribution in [2.75, 3.05) is 45.2 Å². The molecule has 2 N–H and O–H groups in total. The van der Waals surface area contributed by atoms with Crippen LogP contribution in [0.15, 0.2) is 0 Å². The summed E-state index contributed by atoms with van der Waals surface area (Å²) in [6, 6.07) is 0. The molecular weight excluding hydrogens is 468 g/mol. The van der Waals surface area contributed by atoms with Crippen LogP contribution in [0.2, 0.25) is 0 Å². The molecule has 214 valence electrons. The molecule has 0 heterocycles. The molecule has 36 heavy (non-hydrogen) atoms. The summed E-state index contributed by atoms with van der Waals surface area (Å²) < 4.78 is 0.446. The van der Waals surface area contributed by atoms with E-state index in [-0.39, 0.29) is 12.5 Å². The van der Waals surface area contributed by atoms with Gasteiger partial charge in [0.25, 0.3) is 0 Å². The van der Waals surface area contributed by atoms with Crippen molar-refractivity contribution in [3.8, 4) is 0 Å². The van der Waals surface area contributed by atoms with E-state index in [0.29, 0.717) is 17.4 Å². The number of carbonyl (C=O) groups excluding carboxylic acids is 1. The van der Waals surface area contributed by atoms with Gasteiger partial charge in [0.05, 0.1) is 20.6 Å². The van der Waals surface area contributed by atoms with Gasteiger partial charge in [0.2, 0.25) is 5.91 Å². The summed E-state index contributed by atoms with van der Waals surface area (Å²) in [4.78, 5) is 22.8. The van der Waals surface area contributed by atoms with Crippen molar-refractivity contribution in [2.45, 2.75) is 135 Å². The molecule has 0 atom stereocenters. The Kier molecular flexibility index (Phi) is 25.3. The van der Waals surface area contributed by atoms with Gasteiger partial charge in [-0.05, 0) is 30.8 Å². The molecule has 6 heteroatoms. The van der Waals surface area contributed by atoms with Crippen LogP contribution in [0.25, 0.3) is 0 Å². The normalized spacial score (nSPS) is 11.6. The number of carboxylic acids is 1. The molecule has 0 saturated heterocycles. The third-order valence-corrected chi connectivity index (χ3v) is 8.07. The number of rotatable bonds is 28. The minimum atomic E-state index is -0.781. The molecule has 0 aliphatic carbocycles. The van der Waals surface area contributed by atoms with Crippen molar-refractivity contribution in [3.63, 3.8) is 0 Å². The third kappa shape index (κ3) is 27.8. The SMILES string of the molecule is CCCCCCCCCCCCCCCCCCSCCCCC(=O)NCCC[N+](C)(C)CC(=O)O. The molecule has 0 saturated carbocycles. The highest BCUT2D eigenvalue weighted by molar-refractivity contribution is 7.99. The zero-order chi connectivity index (χ0) is 26.7. The van der Waals surface area contributed by atoms with Gasteiger partial charge in [0, 0.05) is 19.4 Å². The maximum Gasteiger partial charge on any atom is 0.359 e. The Morgan fingerprint density at radius 3 is 1.58 bits per heavy atom. The van der Waals surface area contributed by atoms with Crippen LogP contribution in [0.1, 0.15) is 135 Å². The third-order valence-electron chi connectivity index (χ3n) is 6.91. The Labute approximate surface area is 228 Å². The molecule has 0 aromatic heterocycles. The van der Waals surface area contributed by atoms with Gasteiger partial charge in [-0.1, -0.05) is 103 Å². The number of carbonyl (C=O) groups is 2. The quantitative estimate of drug-likeness (QED) is 0.0801. The highest BCUT2D eigenvalue weighted by atomic mass is 32.2. The molecule has 1 amide bonds. The highest BCUT2D eigenvalue weighted by Gasteiger charge is 2.18. The minimum absolute atomic E-state index is 0.116. The lowest BCUT2D eigenvalue weighted by Crippen LogP contribution is -2.45. The Balaban J connectivity index is 3.24. The molecule has 0 aliphatic heterocycles. The Hall–Kier alpha value is -0.750. The van der Waals surface area contributed by atoms with Gasteiger partial charge in [0.15, 0.2) is 6.54 Å². The fourth-order valence-electron chi connectivity index (χ4n) is 4.61. The van der Waals surface area contributed by atoms with E-state index in [1.54, 1.807) is 0 Å². The van der Waals surface area contributed by atoms with E-state index >= 15 is 0 Å². The number of unbranched alkanes of at least 4 members (excludes halogenated alkanes) is 16. The highest BCUT2D eigenvalue weighted by Crippen LogP contribution is 2.15. The average molecular weight is 530 g/mol. The molecule has 0 unspecified atom stereocenters. The van der Waals surface area contributed by atoms with Gasteiger partial charge in [-0.25, -0.2) is 4.79 Å². The second-order valence-electron chi connectivity index (χ2n) is 11.3. The van der Waals surface area contributed by atoms with Crippen molar-refractivity contribution >= 4 is 23.6 Å². The smallest absolute Gasteiger partial charge is 0.359 e. The van der Waals surface area contributed by atoms with Gasteiger partial charge in [0.1, 0.15) is 0 Å². The summed E-state index contributed by atoms with van der Waals surface area (Å²) in [5.41, 5.74) is 0. The zero-order valence-corrected chi connectivity index (χ0v) is 25.1. The van der Waals surface area contributed by atoms with Crippen LogP contribution in [0.5, 0.6) is 0 Å². The predicted octanol–water partition coefficient (Wildman–Crippen LogP) is 7.82. The fourth-order valence-corrected chi connectivity index (χ4v) is 5.63. The monoisotopic (exact) mass is 529 g/mol. The van der Waals surface area contributed by atoms with Gasteiger partial charge in [-0.15, -0.1) is 0 Å². The molecule has 0 aromatic rings. The lowest BCUT2D eigenvalue weighted by atomic mass is 10.0. The summed E-state index contributed by atoms with van der Waals surface area (Å²) in [5.74, 6) is 1.76. The molecular formula is C30H61N2O3S+. The maximum absolute atomic E-state index is 11.9. The number of hydrogen-bond donors (Lipinski definition) is 2. The molecule has 0 spiro atoms. The van der Waals surface area contributed by atoms with E-state index in [2.05, 4.69) is 12.2 Å². The van der Waals surface area contributed by atoms with E-state index in [1.165, 1.54) is 108 Å². The largest absolute Gasteiger partial charge is 0.477 e. The van der Waals surface area contributed by atoms with Gasteiger partial charge >= 0.3 is 5.97 Å². The Morgan fingerprint density at radius 1 is 0.667 bits per heavy atom. The van der Waals surface area contributed by atoms with E-state index in [9.17, 15) is 9.59 Å². The number of amides is 1. The predicted molar refractivity (Wildman–Crippen MR) is 158 cm³/mol. The molecule has 0 bridgehead atoms. The first kappa shape index (κ1) is 35.2. The van der Waals surface area contributed by atoms with E-state index in [0.717, 1.165) is 31.6 Å². The Morgan fingerprint density at radius 2 is 1.11 bits per heavy atom. The first-order valence-corrected chi connectivity index (χ1v) is 16.4. The summed E-state index contributed by atoms with van der Waals surface area (Å²) in [6.07, 6.45) is 26.2. The van der Waals surface area contributed by atoms with Gasteiger partial charge in [-0.2, -0.15) is 11.8 Å². The topological polar surface area (TPSA) is 66.4 Å². The summed E-state index contributed by atoms with van der Waals surface area (Å²) in [6.45, 7) is 3.79. The van der Waals surface area contributed by atoms with E-state index < -0.39 is 5.97 Å². The van der Waals surface area contributed by atoms with Crippen LogP contribution in [0.4, 0.5) is 0 Å². The Bertz CT molecular complexity index is 514. The molecule has 0 rings (SSSR count). The van der Waals surface area contributed by atoms with Crippen LogP contribution in [-0.4, -0.2) is 66.7 Å². The first-order chi connectivity index (χ1) is 17.4. The number of hydrogen-bond acceptors (Lipinski definition) is 3. The zero-order valence-electron chi connectivity index (χ0n) is 24.3. The van der Waals surface area contributed by atoms with Crippen LogP contribution in [-0.2, 0) is 9.59 Å². The number of thioether (sulfide) groups is 1. The summed E-state index contributed by atoms with van der Waals surface area (Å²) in [7, 11) is 3.82. The molecule has 5 nitrogen and oxygen atoms in total. The lowest BCUT2D eigenvalue weighted by Gasteiger charge is -2.27. The molecule has 0 fully saturated rings. The number of nitrogens with zero attached hydrogens (tertiary/aromatic N) is 1. The van der Waals surface area contributed by atoms with Crippen molar-refractivity contribution in [1.82, 2.24) is 5.32 Å². The second kappa shape index (κ2) is 25.9. The van der Waals surface area contributed by atoms with E-state index in [1.807, 2.05) is 25.9 Å². The van der Waals surface area contributed by atoms with Crippen LogP contribution in [0, 0.1) is 0 Å². The van der Waals surface area contributed by atoms with Crippen molar-refractivity contribution in [2.24, 2.45) is 0 Å². The maximum atomic E-state index is 11.9. The van der Waals surface area contributed by atoms with Crippen molar-refractivity contribution in [1.29, 1.82) is 0 Å². The molecule has 0 radical (unpaired) electrons. The molecule has 0 aliphatic rings. The van der Waals surface area contributed by atoms with Crippen LogP contribution < -0.4 is 5.32 Å². The summed E-state index contributed by atoms with van der Waals surface area (Å²) in [5, 5.41) is 11.9. The van der Waals surface area contributed by atoms with Crippen LogP contribution >= 0.6 is 11.8 Å². The van der Waals surface area contributed by atoms with E-state index in [4.69, 9.17) is 5.11 Å². The van der Waals surface area contributed by atoms with Crippen LogP contribution in [0.3, 0.4) is 0 Å². The number of likely N-dealkylation sites (N-methyl/N-ethyl adjacent to an activating group) is 1. The van der Waals surface area contributed by atoms with Gasteiger partial charge in [-0.3, -0.25) is 4.79 Å². The number of nitrogens with one attached hydrogen (secondary N) is 1. The standard InChI is InChI=1S/C30H60N2O3S/c1-4-5-6-7-8-9-10-11-12-13-14-15-16-17-18-20-26-36-27-21-19-23-29(33)31-24-22-25-32(2,3)28-30(34)35/h4-28H2,1-3H3,(H-,31,33,34,35)/p+1. The first-order valence-electron chi connectivity index (χ1n) is 15.3. The van der Waals surface area contributed by atoms with Gasteiger partial charge < -0.3 is 14.9 Å². The fraction of sp³-hybridized carbons (Fsp3) is 0.933. The van der Waals surface area contributed by atoms with Crippen molar-refractivity contribution < 1.29 is 19.2 Å². The molecule has 0 aromatic carbocycles. The minimum Gasteiger partial charge on any atom is -0.477 e. The average Bonchev–Trinajstić information content (AvgIpc) is 2.82. The summed E-state index contributed by atoms with van der Waals surface area (Å²) >= 11 is 2.04. The number of quaternary nitrogens is 1. The number of carboxylic acid groups (broad SMARTS) is 1. The second-order valence-corrected chi connectivity index (χ2v) is 12.5.